The molecule has 5 rings (SSSR count). The van der Waals surface area contributed by atoms with Crippen molar-refractivity contribution in [3.8, 4) is 11.1 Å². The summed E-state index contributed by atoms with van der Waals surface area (Å²) < 4.78 is 38.8. The van der Waals surface area contributed by atoms with E-state index in [9.17, 15) is 18.0 Å². The SMILES string of the molecule is CC(c1ncc[nH]1)N1CCc2cc(NC(=O)c3ccccc3-c3ccc(C(F)(F)F)cc3)ccc2C1. The van der Waals surface area contributed by atoms with E-state index in [0.717, 1.165) is 37.5 Å². The smallest absolute Gasteiger partial charge is 0.347 e. The van der Waals surface area contributed by atoms with Gasteiger partial charge in [0.1, 0.15) is 5.82 Å². The molecule has 1 aliphatic rings. The number of fused-ring (bicyclic) bond motifs is 1. The molecule has 0 saturated carbocycles. The Labute approximate surface area is 207 Å². The highest BCUT2D eigenvalue weighted by Crippen LogP contribution is 2.32. The number of H-pyrrole nitrogens is 1. The van der Waals surface area contributed by atoms with E-state index in [1.165, 1.54) is 23.3 Å². The Hall–Kier alpha value is -3.91. The molecule has 1 atom stereocenters. The van der Waals surface area contributed by atoms with Crippen molar-refractivity contribution in [2.75, 3.05) is 11.9 Å². The number of hydrogen-bond donors (Lipinski definition) is 2. The van der Waals surface area contributed by atoms with Gasteiger partial charge in [0.15, 0.2) is 0 Å². The van der Waals surface area contributed by atoms with Crippen LogP contribution >= 0.6 is 0 Å². The number of amides is 1. The molecule has 1 amide bonds. The standard InChI is InChI=1S/C28H25F3N4O/c1-18(26-32-13-14-33-26)35-15-12-20-16-23(11-8-21(20)17-35)34-27(36)25-5-3-2-4-24(25)19-6-9-22(10-7-19)28(29,30)31/h2-11,13-14,16,18H,12,15,17H2,1H3,(H,32,33)(H,34,36). The van der Waals surface area contributed by atoms with E-state index >= 15 is 0 Å². The highest BCUT2D eigenvalue weighted by Gasteiger charge is 2.30. The molecule has 0 spiro atoms. The number of aromatic nitrogens is 2. The third kappa shape index (κ3) is 4.90. The van der Waals surface area contributed by atoms with Crippen molar-refractivity contribution in [2.24, 2.45) is 0 Å². The van der Waals surface area contributed by atoms with Crippen LogP contribution in [0.1, 0.15) is 45.8 Å². The summed E-state index contributed by atoms with van der Waals surface area (Å²) in [7, 11) is 0. The molecule has 1 aromatic heterocycles. The van der Waals surface area contributed by atoms with Crippen LogP contribution in [-0.4, -0.2) is 27.3 Å². The summed E-state index contributed by atoms with van der Waals surface area (Å²) in [6.45, 7) is 3.80. The summed E-state index contributed by atoms with van der Waals surface area (Å²) in [5, 5.41) is 2.96. The van der Waals surface area contributed by atoms with E-state index in [1.807, 2.05) is 24.4 Å². The minimum absolute atomic E-state index is 0.175. The molecule has 36 heavy (non-hydrogen) atoms. The second-order valence-electron chi connectivity index (χ2n) is 8.93. The molecule has 1 unspecified atom stereocenters. The maximum absolute atomic E-state index is 13.2. The zero-order chi connectivity index (χ0) is 25.3. The van der Waals surface area contributed by atoms with Gasteiger partial charge >= 0.3 is 6.18 Å². The molecule has 184 valence electrons. The first-order valence-electron chi connectivity index (χ1n) is 11.7. The van der Waals surface area contributed by atoms with Crippen LogP contribution in [0.4, 0.5) is 18.9 Å². The van der Waals surface area contributed by atoms with Crippen LogP contribution in [0.5, 0.6) is 0 Å². The second kappa shape index (κ2) is 9.62. The Balaban J connectivity index is 1.32. The lowest BCUT2D eigenvalue weighted by molar-refractivity contribution is -0.137. The Bertz CT molecular complexity index is 1360. The number of rotatable bonds is 5. The predicted octanol–water partition coefficient (Wildman–Crippen LogP) is 6.47. The molecule has 8 heteroatoms. The second-order valence-corrected chi connectivity index (χ2v) is 8.93. The summed E-state index contributed by atoms with van der Waals surface area (Å²) >= 11 is 0. The number of benzene rings is 3. The lowest BCUT2D eigenvalue weighted by atomic mass is 9.97. The molecule has 0 bridgehead atoms. The van der Waals surface area contributed by atoms with E-state index in [2.05, 4.69) is 27.1 Å². The minimum atomic E-state index is -4.41. The van der Waals surface area contributed by atoms with Crippen LogP contribution in [0, 0.1) is 0 Å². The Morgan fingerprint density at radius 3 is 2.56 bits per heavy atom. The number of alkyl halides is 3. The maximum atomic E-state index is 13.2. The van der Waals surface area contributed by atoms with Gasteiger partial charge in [0, 0.05) is 36.7 Å². The Kier molecular flexibility index (Phi) is 6.36. The van der Waals surface area contributed by atoms with Crippen molar-refractivity contribution in [3.05, 3.63) is 107 Å². The first kappa shape index (κ1) is 23.8. The number of carbonyl (C=O) groups is 1. The highest BCUT2D eigenvalue weighted by atomic mass is 19.4. The van der Waals surface area contributed by atoms with E-state index in [4.69, 9.17) is 0 Å². The lowest BCUT2D eigenvalue weighted by Crippen LogP contribution is -2.33. The normalized spacial score (nSPS) is 14.8. The van der Waals surface area contributed by atoms with Gasteiger partial charge in [-0.3, -0.25) is 9.69 Å². The van der Waals surface area contributed by atoms with Gasteiger partial charge < -0.3 is 10.3 Å². The van der Waals surface area contributed by atoms with Gasteiger partial charge in [0.25, 0.3) is 5.91 Å². The zero-order valence-corrected chi connectivity index (χ0v) is 19.6. The number of nitrogens with zero attached hydrogens (tertiary/aromatic N) is 2. The molecular weight excluding hydrogens is 465 g/mol. The predicted molar refractivity (Wildman–Crippen MR) is 132 cm³/mol. The molecule has 0 saturated heterocycles. The third-order valence-corrected chi connectivity index (χ3v) is 6.66. The number of halogens is 3. The van der Waals surface area contributed by atoms with Gasteiger partial charge in [0.2, 0.25) is 0 Å². The van der Waals surface area contributed by atoms with Crippen LogP contribution < -0.4 is 5.32 Å². The van der Waals surface area contributed by atoms with Crippen LogP contribution in [0.3, 0.4) is 0 Å². The minimum Gasteiger partial charge on any atom is -0.347 e. The molecule has 1 aliphatic heterocycles. The summed E-state index contributed by atoms with van der Waals surface area (Å²) in [4.78, 5) is 23.1. The Morgan fingerprint density at radius 1 is 1.06 bits per heavy atom. The quantitative estimate of drug-likeness (QED) is 0.337. The molecule has 0 fully saturated rings. The van der Waals surface area contributed by atoms with E-state index in [0.29, 0.717) is 22.4 Å². The van der Waals surface area contributed by atoms with Gasteiger partial charge in [-0.15, -0.1) is 0 Å². The summed E-state index contributed by atoms with van der Waals surface area (Å²) in [5.74, 6) is 0.628. The van der Waals surface area contributed by atoms with Crippen molar-refractivity contribution in [3.63, 3.8) is 0 Å². The topological polar surface area (TPSA) is 61.0 Å². The number of imidazole rings is 1. The first-order chi connectivity index (χ1) is 17.3. The van der Waals surface area contributed by atoms with E-state index < -0.39 is 11.7 Å². The first-order valence-corrected chi connectivity index (χ1v) is 11.7. The van der Waals surface area contributed by atoms with E-state index in [1.54, 1.807) is 30.5 Å². The monoisotopic (exact) mass is 490 g/mol. The maximum Gasteiger partial charge on any atom is 0.416 e. The van der Waals surface area contributed by atoms with E-state index in [-0.39, 0.29) is 11.9 Å². The zero-order valence-electron chi connectivity index (χ0n) is 19.6. The molecule has 0 aliphatic carbocycles. The fraction of sp³-hybridized carbons (Fsp3) is 0.214. The number of aromatic amines is 1. The number of anilines is 1. The van der Waals surface area contributed by atoms with Crippen LogP contribution in [0.2, 0.25) is 0 Å². The molecule has 2 N–H and O–H groups in total. The van der Waals surface area contributed by atoms with Gasteiger partial charge in [0.05, 0.1) is 11.6 Å². The molecule has 4 aromatic rings. The summed E-state index contributed by atoms with van der Waals surface area (Å²) in [6, 6.07) is 17.9. The van der Waals surface area contributed by atoms with Gasteiger partial charge in [-0.2, -0.15) is 13.2 Å². The van der Waals surface area contributed by atoms with Gasteiger partial charge in [-0.25, -0.2) is 4.98 Å². The van der Waals surface area contributed by atoms with Crippen LogP contribution in [-0.2, 0) is 19.1 Å². The van der Waals surface area contributed by atoms with Gasteiger partial charge in [-0.1, -0.05) is 36.4 Å². The average molecular weight is 491 g/mol. The van der Waals surface area contributed by atoms with Crippen molar-refractivity contribution in [2.45, 2.75) is 32.1 Å². The third-order valence-electron chi connectivity index (χ3n) is 6.66. The molecule has 3 aromatic carbocycles. The molecular formula is C28H25F3N4O. The van der Waals surface area contributed by atoms with Gasteiger partial charge in [-0.05, 0) is 65.9 Å². The Morgan fingerprint density at radius 2 is 1.83 bits per heavy atom. The summed E-state index contributed by atoms with van der Waals surface area (Å²) in [6.07, 6.45) is 0.0325. The lowest BCUT2D eigenvalue weighted by Gasteiger charge is -2.33. The van der Waals surface area contributed by atoms with Crippen molar-refractivity contribution in [1.29, 1.82) is 0 Å². The fourth-order valence-electron chi connectivity index (χ4n) is 4.63. The average Bonchev–Trinajstić information content (AvgIpc) is 3.43. The fourth-order valence-corrected chi connectivity index (χ4v) is 4.63. The number of hydrogen-bond acceptors (Lipinski definition) is 3. The highest BCUT2D eigenvalue weighted by molar-refractivity contribution is 6.08. The van der Waals surface area contributed by atoms with Crippen molar-refractivity contribution >= 4 is 11.6 Å². The van der Waals surface area contributed by atoms with Crippen LogP contribution in [0.25, 0.3) is 11.1 Å². The van der Waals surface area contributed by atoms with Crippen molar-refractivity contribution in [1.82, 2.24) is 14.9 Å². The number of carbonyl (C=O) groups excluding carboxylic acids is 1. The number of nitrogens with one attached hydrogen (secondary N) is 2. The van der Waals surface area contributed by atoms with Crippen molar-refractivity contribution < 1.29 is 18.0 Å². The largest absolute Gasteiger partial charge is 0.416 e. The van der Waals surface area contributed by atoms with Crippen LogP contribution in [0.15, 0.2) is 79.1 Å². The molecule has 2 heterocycles. The summed E-state index contributed by atoms with van der Waals surface area (Å²) in [5.41, 5.74) is 3.88. The molecule has 5 nitrogen and oxygen atoms in total. The molecule has 0 radical (unpaired) electrons.